The molecule has 1 fully saturated rings. The Kier molecular flexibility index (Phi) is 5.46. The number of nitrogens with one attached hydrogen (secondary N) is 1. The van der Waals surface area contributed by atoms with Crippen molar-refractivity contribution in [3.8, 4) is 0 Å². The fraction of sp³-hybridized carbons (Fsp3) is 0.812. The molecular weight excluding hydrogens is 248 g/mol. The minimum atomic E-state index is 0.689. The van der Waals surface area contributed by atoms with E-state index in [9.17, 15) is 0 Å². The van der Waals surface area contributed by atoms with Crippen LogP contribution < -0.4 is 10.2 Å². The Labute approximate surface area is 123 Å². The molecule has 4 nitrogen and oxygen atoms in total. The second-order valence-electron chi connectivity index (χ2n) is 6.44. The quantitative estimate of drug-likeness (QED) is 0.899. The van der Waals surface area contributed by atoms with Crippen LogP contribution in [0, 0.1) is 12.8 Å². The molecule has 1 N–H and O–H groups in total. The Morgan fingerprint density at radius 2 is 1.80 bits per heavy atom. The maximum Gasteiger partial charge on any atom is 0.131 e. The minimum absolute atomic E-state index is 0.689. The lowest BCUT2D eigenvalue weighted by molar-refractivity contribution is 0.551. The average Bonchev–Trinajstić information content (AvgIpc) is 2.59. The Morgan fingerprint density at radius 3 is 2.40 bits per heavy atom. The van der Waals surface area contributed by atoms with Crippen LogP contribution in [0.25, 0.3) is 0 Å². The normalized spacial score (nSPS) is 16.8. The first-order valence-electron chi connectivity index (χ1n) is 8.07. The number of aromatic nitrogens is 2. The Hall–Kier alpha value is -1.03. The van der Waals surface area contributed by atoms with Crippen LogP contribution >= 0.6 is 0 Å². The van der Waals surface area contributed by atoms with Crippen molar-refractivity contribution >= 4 is 5.82 Å². The summed E-state index contributed by atoms with van der Waals surface area (Å²) in [6.07, 6.45) is 5.36. The Morgan fingerprint density at radius 1 is 1.15 bits per heavy atom. The summed E-state index contributed by atoms with van der Waals surface area (Å²) in [5.74, 6) is 2.02. The van der Waals surface area contributed by atoms with Gasteiger partial charge < -0.3 is 10.2 Å². The molecule has 0 atom stereocenters. The topological polar surface area (TPSA) is 33.1 Å². The second kappa shape index (κ2) is 7.11. The van der Waals surface area contributed by atoms with E-state index in [1.165, 1.54) is 55.8 Å². The summed E-state index contributed by atoms with van der Waals surface area (Å²) in [6, 6.07) is 0. The molecule has 0 unspecified atom stereocenters. The van der Waals surface area contributed by atoms with Gasteiger partial charge in [-0.1, -0.05) is 26.7 Å². The van der Waals surface area contributed by atoms with Crippen molar-refractivity contribution in [3.63, 3.8) is 0 Å². The zero-order chi connectivity index (χ0) is 14.5. The number of hydrogen-bond donors (Lipinski definition) is 1. The molecule has 4 heteroatoms. The van der Waals surface area contributed by atoms with E-state index in [1.807, 2.05) is 0 Å². The van der Waals surface area contributed by atoms with Crippen LogP contribution in [-0.2, 0) is 13.6 Å². The molecule has 114 valence electrons. The lowest BCUT2D eigenvalue weighted by Crippen LogP contribution is -2.28. The molecule has 0 amide bonds. The minimum Gasteiger partial charge on any atom is -0.357 e. The van der Waals surface area contributed by atoms with Gasteiger partial charge in [0.25, 0.3) is 0 Å². The van der Waals surface area contributed by atoms with Gasteiger partial charge in [0.05, 0.1) is 5.69 Å². The highest BCUT2D eigenvalue weighted by molar-refractivity contribution is 5.50. The molecule has 1 saturated heterocycles. The molecule has 2 rings (SSSR count). The van der Waals surface area contributed by atoms with E-state index in [0.717, 1.165) is 13.1 Å². The highest BCUT2D eigenvalue weighted by atomic mass is 15.4. The monoisotopic (exact) mass is 278 g/mol. The van der Waals surface area contributed by atoms with E-state index < -0.39 is 0 Å². The number of anilines is 1. The number of hydrogen-bond acceptors (Lipinski definition) is 3. The Balaban J connectivity index is 2.13. The van der Waals surface area contributed by atoms with Gasteiger partial charge >= 0.3 is 0 Å². The summed E-state index contributed by atoms with van der Waals surface area (Å²) in [5, 5.41) is 8.22. The van der Waals surface area contributed by atoms with Gasteiger partial charge in [0, 0.05) is 32.2 Å². The predicted octanol–water partition coefficient (Wildman–Crippen LogP) is 2.85. The first-order valence-corrected chi connectivity index (χ1v) is 8.07. The standard InChI is InChI=1S/C16H30N4/c1-13(2)11-17-12-15-14(3)18-19(4)16(15)20-9-7-5-6-8-10-20/h13,17H,5-12H2,1-4H3. The van der Waals surface area contributed by atoms with E-state index in [1.54, 1.807) is 0 Å². The van der Waals surface area contributed by atoms with Crippen molar-refractivity contribution in [2.75, 3.05) is 24.5 Å². The van der Waals surface area contributed by atoms with Crippen molar-refractivity contribution in [3.05, 3.63) is 11.3 Å². The first-order chi connectivity index (χ1) is 9.59. The molecule has 1 aliphatic heterocycles. The van der Waals surface area contributed by atoms with Gasteiger partial charge in [-0.05, 0) is 32.2 Å². The molecule has 1 aromatic heterocycles. The van der Waals surface area contributed by atoms with Gasteiger partial charge in [-0.2, -0.15) is 5.10 Å². The zero-order valence-electron chi connectivity index (χ0n) is 13.6. The summed E-state index contributed by atoms with van der Waals surface area (Å²) < 4.78 is 2.08. The second-order valence-corrected chi connectivity index (χ2v) is 6.44. The first kappa shape index (κ1) is 15.4. The predicted molar refractivity (Wildman–Crippen MR) is 85.2 cm³/mol. The van der Waals surface area contributed by atoms with Gasteiger partial charge in [-0.25, -0.2) is 0 Å². The summed E-state index contributed by atoms with van der Waals surface area (Å²) in [7, 11) is 2.08. The fourth-order valence-corrected chi connectivity index (χ4v) is 3.06. The van der Waals surface area contributed by atoms with Crippen LogP contribution in [0.15, 0.2) is 0 Å². The van der Waals surface area contributed by atoms with Gasteiger partial charge in [-0.15, -0.1) is 0 Å². The van der Waals surface area contributed by atoms with Crippen LogP contribution in [0.4, 0.5) is 5.82 Å². The van der Waals surface area contributed by atoms with Crippen molar-refractivity contribution in [2.45, 2.75) is 53.0 Å². The van der Waals surface area contributed by atoms with Gasteiger partial charge in [0.15, 0.2) is 0 Å². The third-order valence-electron chi connectivity index (χ3n) is 4.07. The third kappa shape index (κ3) is 3.75. The molecule has 0 spiro atoms. The molecule has 20 heavy (non-hydrogen) atoms. The third-order valence-corrected chi connectivity index (χ3v) is 4.07. The number of aryl methyl sites for hydroxylation is 2. The number of nitrogens with zero attached hydrogens (tertiary/aromatic N) is 3. The van der Waals surface area contributed by atoms with Crippen molar-refractivity contribution in [1.29, 1.82) is 0 Å². The highest BCUT2D eigenvalue weighted by Crippen LogP contribution is 2.25. The Bertz CT molecular complexity index is 414. The van der Waals surface area contributed by atoms with Gasteiger partial charge in [-0.3, -0.25) is 4.68 Å². The van der Waals surface area contributed by atoms with Crippen LogP contribution in [0.3, 0.4) is 0 Å². The molecule has 0 radical (unpaired) electrons. The van der Waals surface area contributed by atoms with Gasteiger partial charge in [0.1, 0.15) is 5.82 Å². The van der Waals surface area contributed by atoms with Crippen molar-refractivity contribution in [1.82, 2.24) is 15.1 Å². The summed E-state index contributed by atoms with van der Waals surface area (Å²) >= 11 is 0. The lowest BCUT2D eigenvalue weighted by Gasteiger charge is -2.24. The molecule has 1 aliphatic rings. The van der Waals surface area contributed by atoms with Crippen LogP contribution in [0.5, 0.6) is 0 Å². The maximum absolute atomic E-state index is 4.65. The van der Waals surface area contributed by atoms with E-state index in [4.69, 9.17) is 0 Å². The average molecular weight is 278 g/mol. The lowest BCUT2D eigenvalue weighted by atomic mass is 10.2. The van der Waals surface area contributed by atoms with Crippen LogP contribution in [-0.4, -0.2) is 29.4 Å². The zero-order valence-corrected chi connectivity index (χ0v) is 13.6. The molecule has 1 aromatic rings. The molecular formula is C16H30N4. The fourth-order valence-electron chi connectivity index (χ4n) is 3.06. The maximum atomic E-state index is 4.65. The van der Waals surface area contributed by atoms with Crippen LogP contribution in [0.1, 0.15) is 50.8 Å². The molecule has 0 bridgehead atoms. The van der Waals surface area contributed by atoms with E-state index in [-0.39, 0.29) is 0 Å². The van der Waals surface area contributed by atoms with E-state index in [0.29, 0.717) is 5.92 Å². The van der Waals surface area contributed by atoms with E-state index >= 15 is 0 Å². The van der Waals surface area contributed by atoms with Gasteiger partial charge in [0.2, 0.25) is 0 Å². The van der Waals surface area contributed by atoms with E-state index in [2.05, 4.69) is 47.8 Å². The molecule has 0 aromatic carbocycles. The van der Waals surface area contributed by atoms with Crippen molar-refractivity contribution in [2.24, 2.45) is 13.0 Å². The smallest absolute Gasteiger partial charge is 0.131 e. The number of rotatable bonds is 5. The highest BCUT2D eigenvalue weighted by Gasteiger charge is 2.20. The summed E-state index contributed by atoms with van der Waals surface area (Å²) in [6.45, 7) is 11.0. The summed E-state index contributed by atoms with van der Waals surface area (Å²) in [5.41, 5.74) is 2.55. The van der Waals surface area contributed by atoms with Crippen LogP contribution in [0.2, 0.25) is 0 Å². The molecule has 0 saturated carbocycles. The molecule has 0 aliphatic carbocycles. The largest absolute Gasteiger partial charge is 0.357 e. The molecule has 2 heterocycles. The van der Waals surface area contributed by atoms with Crippen molar-refractivity contribution < 1.29 is 0 Å². The summed E-state index contributed by atoms with van der Waals surface area (Å²) in [4.78, 5) is 2.54. The SMILES string of the molecule is Cc1nn(C)c(N2CCCCCC2)c1CNCC(C)C.